The predicted octanol–water partition coefficient (Wildman–Crippen LogP) is 3.39. The van der Waals surface area contributed by atoms with Gasteiger partial charge in [0.15, 0.2) is 0 Å². The van der Waals surface area contributed by atoms with Gasteiger partial charge in [-0.15, -0.1) is 11.8 Å². The van der Waals surface area contributed by atoms with Gasteiger partial charge in [-0.05, 0) is 18.6 Å². The molecule has 1 aromatic carbocycles. The number of aromatic nitrogens is 1. The molecule has 2 nitrogen and oxygen atoms in total. The van der Waals surface area contributed by atoms with Crippen LogP contribution in [0, 0.1) is 0 Å². The molecule has 1 aromatic heterocycles. The maximum absolute atomic E-state index is 5.99. The zero-order valence-corrected chi connectivity index (χ0v) is 10.4. The lowest BCUT2D eigenvalue weighted by Crippen LogP contribution is -2.22. The third-order valence-corrected chi connectivity index (χ3v) is 3.74. The van der Waals surface area contributed by atoms with Gasteiger partial charge in [-0.1, -0.05) is 31.5 Å². The first kappa shape index (κ1) is 11.6. The lowest BCUT2D eigenvalue weighted by atomic mass is 10.2. The molecule has 1 atom stereocenters. The van der Waals surface area contributed by atoms with Crippen molar-refractivity contribution in [2.45, 2.75) is 30.8 Å². The number of hydrogen-bond acceptors (Lipinski definition) is 2. The first-order valence-corrected chi connectivity index (χ1v) is 6.74. The minimum Gasteiger partial charge on any atom is -0.350 e. The van der Waals surface area contributed by atoms with Crippen molar-refractivity contribution >= 4 is 22.7 Å². The van der Waals surface area contributed by atoms with Crippen molar-refractivity contribution in [2.75, 3.05) is 5.75 Å². The highest BCUT2D eigenvalue weighted by Crippen LogP contribution is 2.23. The molecule has 0 amide bonds. The molecule has 0 aliphatic carbocycles. The number of H-pyrrole nitrogens is 1. The number of thioether (sulfide) groups is 1. The van der Waals surface area contributed by atoms with Gasteiger partial charge in [0.2, 0.25) is 0 Å². The van der Waals surface area contributed by atoms with Gasteiger partial charge in [-0.3, -0.25) is 0 Å². The molecule has 1 unspecified atom stereocenters. The third-order valence-electron chi connectivity index (χ3n) is 2.62. The molecule has 2 aromatic rings. The maximum atomic E-state index is 5.99. The number of hydrogen-bond donors (Lipinski definition) is 2. The summed E-state index contributed by atoms with van der Waals surface area (Å²) in [5.41, 5.74) is 7.19. The third kappa shape index (κ3) is 2.80. The van der Waals surface area contributed by atoms with Crippen molar-refractivity contribution in [1.82, 2.24) is 4.98 Å². The van der Waals surface area contributed by atoms with E-state index in [4.69, 9.17) is 5.73 Å². The fraction of sp³-hybridized carbons (Fsp3) is 0.385. The van der Waals surface area contributed by atoms with E-state index in [0.29, 0.717) is 6.04 Å². The van der Waals surface area contributed by atoms with Crippen molar-refractivity contribution in [3.63, 3.8) is 0 Å². The van der Waals surface area contributed by atoms with Crippen molar-refractivity contribution in [3.8, 4) is 0 Å². The second kappa shape index (κ2) is 5.41. The highest BCUT2D eigenvalue weighted by Gasteiger charge is 2.04. The normalized spacial score (nSPS) is 13.1. The lowest BCUT2D eigenvalue weighted by Gasteiger charge is -2.07. The van der Waals surface area contributed by atoms with Crippen LogP contribution in [0.4, 0.5) is 0 Å². The van der Waals surface area contributed by atoms with E-state index in [9.17, 15) is 0 Å². The van der Waals surface area contributed by atoms with Gasteiger partial charge in [0.25, 0.3) is 0 Å². The van der Waals surface area contributed by atoms with Crippen LogP contribution in [0.25, 0.3) is 10.9 Å². The number of nitrogens with two attached hydrogens (primary N) is 1. The smallest absolute Gasteiger partial charge is 0.0733 e. The topological polar surface area (TPSA) is 41.8 Å². The van der Waals surface area contributed by atoms with E-state index in [0.717, 1.165) is 18.6 Å². The van der Waals surface area contributed by atoms with Gasteiger partial charge in [-0.2, -0.15) is 0 Å². The van der Waals surface area contributed by atoms with E-state index in [1.54, 1.807) is 0 Å². The Morgan fingerprint density at radius 3 is 2.94 bits per heavy atom. The van der Waals surface area contributed by atoms with Crippen LogP contribution in [0.5, 0.6) is 0 Å². The van der Waals surface area contributed by atoms with Crippen molar-refractivity contribution in [1.29, 1.82) is 0 Å². The van der Waals surface area contributed by atoms with Crippen LogP contribution in [0.2, 0.25) is 0 Å². The summed E-state index contributed by atoms with van der Waals surface area (Å²) < 4.78 is 0. The van der Waals surface area contributed by atoms with Crippen LogP contribution in [0.15, 0.2) is 35.4 Å². The molecule has 0 radical (unpaired) electrons. The highest BCUT2D eigenvalue weighted by molar-refractivity contribution is 7.99. The van der Waals surface area contributed by atoms with Gasteiger partial charge < -0.3 is 10.7 Å². The van der Waals surface area contributed by atoms with Crippen LogP contribution in [-0.2, 0) is 0 Å². The number of rotatable bonds is 5. The molecule has 2 rings (SSSR count). The Morgan fingerprint density at radius 2 is 2.19 bits per heavy atom. The van der Waals surface area contributed by atoms with E-state index < -0.39 is 0 Å². The SMILES string of the molecule is CCCC(N)CSc1cc2ccccc2[nH]1. The Bertz CT molecular complexity index is 417. The summed E-state index contributed by atoms with van der Waals surface area (Å²) in [4.78, 5) is 3.40. The largest absolute Gasteiger partial charge is 0.350 e. The average Bonchev–Trinajstić information content (AvgIpc) is 2.69. The molecule has 1 heterocycles. The highest BCUT2D eigenvalue weighted by atomic mass is 32.2. The summed E-state index contributed by atoms with van der Waals surface area (Å²) in [6, 6.07) is 10.8. The molecule has 0 aliphatic rings. The molecule has 0 saturated carbocycles. The summed E-state index contributed by atoms with van der Waals surface area (Å²) in [5, 5.41) is 2.49. The fourth-order valence-corrected chi connectivity index (χ4v) is 2.73. The average molecular weight is 234 g/mol. The van der Waals surface area contributed by atoms with E-state index in [1.807, 2.05) is 11.8 Å². The predicted molar refractivity (Wildman–Crippen MR) is 71.9 cm³/mol. The van der Waals surface area contributed by atoms with Gasteiger partial charge in [0, 0.05) is 22.7 Å². The Kier molecular flexibility index (Phi) is 3.91. The van der Waals surface area contributed by atoms with Gasteiger partial charge in [0.1, 0.15) is 0 Å². The van der Waals surface area contributed by atoms with Crippen molar-refractivity contribution in [3.05, 3.63) is 30.3 Å². The molecular formula is C13H18N2S. The fourth-order valence-electron chi connectivity index (χ4n) is 1.78. The summed E-state index contributed by atoms with van der Waals surface area (Å²) in [7, 11) is 0. The van der Waals surface area contributed by atoms with Gasteiger partial charge >= 0.3 is 0 Å². The Balaban J connectivity index is 1.99. The number of nitrogens with one attached hydrogen (secondary N) is 1. The number of aromatic amines is 1. The van der Waals surface area contributed by atoms with E-state index in [2.05, 4.69) is 42.2 Å². The molecule has 0 saturated heterocycles. The zero-order valence-electron chi connectivity index (χ0n) is 9.57. The molecule has 0 aliphatic heterocycles. The van der Waals surface area contributed by atoms with E-state index >= 15 is 0 Å². The van der Waals surface area contributed by atoms with E-state index in [-0.39, 0.29) is 0 Å². The zero-order chi connectivity index (χ0) is 11.4. The van der Waals surface area contributed by atoms with Crippen LogP contribution in [0.3, 0.4) is 0 Å². The molecule has 16 heavy (non-hydrogen) atoms. The van der Waals surface area contributed by atoms with Crippen molar-refractivity contribution in [2.24, 2.45) is 5.73 Å². The molecule has 0 bridgehead atoms. The first-order valence-electron chi connectivity index (χ1n) is 5.75. The number of fused-ring (bicyclic) bond motifs is 1. The maximum Gasteiger partial charge on any atom is 0.0733 e. The monoisotopic (exact) mass is 234 g/mol. The Hall–Kier alpha value is -0.930. The lowest BCUT2D eigenvalue weighted by molar-refractivity contribution is 0.660. The summed E-state index contributed by atoms with van der Waals surface area (Å²) in [6.45, 7) is 2.17. The minimum absolute atomic E-state index is 0.307. The summed E-state index contributed by atoms with van der Waals surface area (Å²) in [6.07, 6.45) is 2.27. The summed E-state index contributed by atoms with van der Waals surface area (Å²) >= 11 is 1.81. The molecule has 0 fully saturated rings. The van der Waals surface area contributed by atoms with Crippen LogP contribution in [0.1, 0.15) is 19.8 Å². The quantitative estimate of drug-likeness (QED) is 0.779. The minimum atomic E-state index is 0.307. The molecule has 86 valence electrons. The molecular weight excluding hydrogens is 216 g/mol. The second-order valence-electron chi connectivity index (χ2n) is 4.08. The van der Waals surface area contributed by atoms with Crippen LogP contribution in [-0.4, -0.2) is 16.8 Å². The van der Waals surface area contributed by atoms with Gasteiger partial charge in [-0.25, -0.2) is 0 Å². The van der Waals surface area contributed by atoms with Crippen LogP contribution >= 0.6 is 11.8 Å². The Labute approximate surface area is 101 Å². The second-order valence-corrected chi connectivity index (χ2v) is 5.14. The van der Waals surface area contributed by atoms with E-state index in [1.165, 1.54) is 15.9 Å². The standard InChI is InChI=1S/C13H18N2S/c1-2-5-11(14)9-16-13-8-10-6-3-4-7-12(10)15-13/h3-4,6-8,11,15H,2,5,9,14H2,1H3. The Morgan fingerprint density at radius 1 is 1.38 bits per heavy atom. The molecule has 3 N–H and O–H groups in total. The molecule has 0 spiro atoms. The molecule has 3 heteroatoms. The van der Waals surface area contributed by atoms with Crippen molar-refractivity contribution < 1.29 is 0 Å². The van der Waals surface area contributed by atoms with Crippen LogP contribution < -0.4 is 5.73 Å². The number of benzene rings is 1. The van der Waals surface area contributed by atoms with Gasteiger partial charge in [0.05, 0.1) is 5.03 Å². The summed E-state index contributed by atoms with van der Waals surface area (Å²) in [5.74, 6) is 0.987. The number of para-hydroxylation sites is 1. The first-order chi connectivity index (χ1) is 7.79.